The lowest BCUT2D eigenvalue weighted by molar-refractivity contribution is -0.125. The van der Waals surface area contributed by atoms with Crippen LogP contribution in [0.1, 0.15) is 18.4 Å². The van der Waals surface area contributed by atoms with Crippen LogP contribution in [0.2, 0.25) is 0 Å². The Morgan fingerprint density at radius 1 is 1.17 bits per heavy atom. The number of carbonyl (C=O) groups excluding carboxylic acids is 1. The van der Waals surface area contributed by atoms with Crippen LogP contribution in [0.15, 0.2) is 71.5 Å². The molecule has 0 spiro atoms. The maximum absolute atomic E-state index is 13.4. The van der Waals surface area contributed by atoms with Crippen LogP contribution in [-0.2, 0) is 21.5 Å². The Kier molecular flexibility index (Phi) is 6.50. The molecule has 30 heavy (non-hydrogen) atoms. The van der Waals surface area contributed by atoms with E-state index in [2.05, 4.69) is 26.3 Å². The fourth-order valence-corrected chi connectivity index (χ4v) is 4.00. The van der Waals surface area contributed by atoms with Crippen LogP contribution in [-0.4, -0.2) is 35.5 Å². The number of nitrogens with one attached hydrogen (secondary N) is 1. The molecular weight excluding hydrogens is 446 g/mol. The van der Waals surface area contributed by atoms with Crippen molar-refractivity contribution < 1.29 is 14.3 Å². The van der Waals surface area contributed by atoms with E-state index in [1.807, 2.05) is 65.5 Å². The molecule has 0 radical (unpaired) electrons. The number of ether oxygens (including phenoxy) is 2. The molecule has 1 aromatic heterocycles. The number of nitrogens with zero attached hydrogens (tertiary/aromatic N) is 2. The van der Waals surface area contributed by atoms with Crippen LogP contribution in [0.4, 0.5) is 5.69 Å². The van der Waals surface area contributed by atoms with E-state index in [4.69, 9.17) is 9.47 Å². The average molecular weight is 470 g/mol. The molecule has 2 heterocycles. The standard InChI is InChI=1S/C23H24BrN3O3/c24-19-7-5-18(6-8-19)23(9-14-29-15-10-23)22(28)26-20-3-1-4-21(17-20)30-16-13-27-12-2-11-25-27/h1-8,11-12,17H,9-10,13-16H2,(H,26,28). The summed E-state index contributed by atoms with van der Waals surface area (Å²) in [5, 5.41) is 7.27. The van der Waals surface area contributed by atoms with E-state index >= 15 is 0 Å². The Balaban J connectivity index is 1.46. The van der Waals surface area contributed by atoms with Crippen molar-refractivity contribution in [2.24, 2.45) is 0 Å². The topological polar surface area (TPSA) is 65.4 Å². The van der Waals surface area contributed by atoms with Crippen molar-refractivity contribution in [2.45, 2.75) is 24.8 Å². The van der Waals surface area contributed by atoms with Gasteiger partial charge in [0.2, 0.25) is 5.91 Å². The number of rotatable bonds is 7. The van der Waals surface area contributed by atoms with E-state index in [0.717, 1.165) is 15.7 Å². The summed E-state index contributed by atoms with van der Waals surface area (Å²) in [4.78, 5) is 13.4. The van der Waals surface area contributed by atoms with E-state index in [1.165, 1.54) is 0 Å². The van der Waals surface area contributed by atoms with Gasteiger partial charge >= 0.3 is 0 Å². The number of carbonyl (C=O) groups is 1. The van der Waals surface area contributed by atoms with Crippen LogP contribution in [0.25, 0.3) is 0 Å². The van der Waals surface area contributed by atoms with E-state index in [1.54, 1.807) is 6.20 Å². The summed E-state index contributed by atoms with van der Waals surface area (Å²) in [6.45, 7) is 2.30. The van der Waals surface area contributed by atoms with Crippen molar-refractivity contribution in [1.29, 1.82) is 0 Å². The number of amides is 1. The van der Waals surface area contributed by atoms with Gasteiger partial charge in [-0.25, -0.2) is 0 Å². The molecule has 2 aromatic carbocycles. The maximum Gasteiger partial charge on any atom is 0.235 e. The molecule has 0 unspecified atom stereocenters. The summed E-state index contributed by atoms with van der Waals surface area (Å²) in [6, 6.07) is 17.4. The highest BCUT2D eigenvalue weighted by Crippen LogP contribution is 2.37. The lowest BCUT2D eigenvalue weighted by Gasteiger charge is -2.36. The maximum atomic E-state index is 13.4. The van der Waals surface area contributed by atoms with E-state index in [9.17, 15) is 4.79 Å². The Labute approximate surface area is 184 Å². The van der Waals surface area contributed by atoms with Gasteiger partial charge in [0.1, 0.15) is 12.4 Å². The molecule has 3 aromatic rings. The average Bonchev–Trinajstić information content (AvgIpc) is 3.28. The first-order valence-electron chi connectivity index (χ1n) is 10.0. The van der Waals surface area contributed by atoms with Gasteiger partial charge in [-0.15, -0.1) is 0 Å². The third-order valence-electron chi connectivity index (χ3n) is 5.42. The highest BCUT2D eigenvalue weighted by atomic mass is 79.9. The van der Waals surface area contributed by atoms with Crippen molar-refractivity contribution in [1.82, 2.24) is 9.78 Å². The second-order valence-electron chi connectivity index (χ2n) is 7.30. The molecule has 1 N–H and O–H groups in total. The van der Waals surface area contributed by atoms with Crippen molar-refractivity contribution in [3.8, 4) is 5.75 Å². The lowest BCUT2D eigenvalue weighted by Crippen LogP contribution is -2.44. The summed E-state index contributed by atoms with van der Waals surface area (Å²) in [5.74, 6) is 0.700. The van der Waals surface area contributed by atoms with Gasteiger partial charge in [0.05, 0.1) is 12.0 Å². The number of anilines is 1. The van der Waals surface area contributed by atoms with Crippen molar-refractivity contribution >= 4 is 27.5 Å². The molecule has 1 aliphatic rings. The van der Waals surface area contributed by atoms with E-state index in [-0.39, 0.29) is 5.91 Å². The Morgan fingerprint density at radius 2 is 1.97 bits per heavy atom. The van der Waals surface area contributed by atoms with E-state index < -0.39 is 5.41 Å². The largest absolute Gasteiger partial charge is 0.492 e. The predicted octanol–water partition coefficient (Wildman–Crippen LogP) is 4.41. The molecule has 0 atom stereocenters. The molecule has 7 heteroatoms. The molecule has 6 nitrogen and oxygen atoms in total. The fraction of sp³-hybridized carbons (Fsp3) is 0.304. The van der Waals surface area contributed by atoms with Crippen LogP contribution in [0.5, 0.6) is 5.75 Å². The van der Waals surface area contributed by atoms with Gasteiger partial charge in [-0.3, -0.25) is 9.48 Å². The molecule has 1 amide bonds. The van der Waals surface area contributed by atoms with Crippen molar-refractivity contribution in [3.05, 3.63) is 77.0 Å². The molecule has 0 saturated carbocycles. The predicted molar refractivity (Wildman–Crippen MR) is 119 cm³/mol. The number of aromatic nitrogens is 2. The number of halogens is 1. The third kappa shape index (κ3) is 4.74. The number of hydrogen-bond donors (Lipinski definition) is 1. The first kappa shape index (κ1) is 20.6. The summed E-state index contributed by atoms with van der Waals surface area (Å²) in [6.07, 6.45) is 4.95. The minimum absolute atomic E-state index is 0.0122. The zero-order valence-electron chi connectivity index (χ0n) is 16.6. The zero-order chi connectivity index (χ0) is 20.8. The highest BCUT2D eigenvalue weighted by Gasteiger charge is 2.41. The van der Waals surface area contributed by atoms with Gasteiger partial charge < -0.3 is 14.8 Å². The smallest absolute Gasteiger partial charge is 0.235 e. The minimum atomic E-state index is -0.601. The first-order chi connectivity index (χ1) is 14.7. The van der Waals surface area contributed by atoms with Gasteiger partial charge in [0, 0.05) is 41.8 Å². The first-order valence-corrected chi connectivity index (χ1v) is 10.8. The Hall–Kier alpha value is -2.64. The summed E-state index contributed by atoms with van der Waals surface area (Å²) < 4.78 is 14.2. The number of benzene rings is 2. The lowest BCUT2D eigenvalue weighted by atomic mass is 9.73. The van der Waals surface area contributed by atoms with Gasteiger partial charge in [-0.05, 0) is 48.7 Å². The zero-order valence-corrected chi connectivity index (χ0v) is 18.2. The minimum Gasteiger partial charge on any atom is -0.492 e. The molecular formula is C23H24BrN3O3. The quantitative estimate of drug-likeness (QED) is 0.556. The van der Waals surface area contributed by atoms with Crippen LogP contribution in [0, 0.1) is 0 Å². The van der Waals surface area contributed by atoms with Gasteiger partial charge in [0.25, 0.3) is 0 Å². The SMILES string of the molecule is O=C(Nc1cccc(OCCn2cccn2)c1)C1(c2ccc(Br)cc2)CCOCC1. The monoisotopic (exact) mass is 469 g/mol. The second-order valence-corrected chi connectivity index (χ2v) is 8.22. The third-order valence-corrected chi connectivity index (χ3v) is 5.95. The van der Waals surface area contributed by atoms with Crippen LogP contribution in [0.3, 0.4) is 0 Å². The van der Waals surface area contributed by atoms with Crippen molar-refractivity contribution in [2.75, 3.05) is 25.1 Å². The summed E-state index contributed by atoms with van der Waals surface area (Å²) >= 11 is 3.47. The molecule has 1 aliphatic heterocycles. The highest BCUT2D eigenvalue weighted by molar-refractivity contribution is 9.10. The van der Waals surface area contributed by atoms with Gasteiger partial charge in [-0.2, -0.15) is 5.10 Å². The molecule has 1 saturated heterocycles. The molecule has 0 aliphatic carbocycles. The van der Waals surface area contributed by atoms with Gasteiger partial charge in [0.15, 0.2) is 0 Å². The Bertz CT molecular complexity index is 968. The summed E-state index contributed by atoms with van der Waals surface area (Å²) in [5.41, 5.74) is 1.13. The summed E-state index contributed by atoms with van der Waals surface area (Å²) in [7, 11) is 0. The Morgan fingerprint density at radius 3 is 2.70 bits per heavy atom. The normalized spacial score (nSPS) is 15.5. The molecule has 1 fully saturated rings. The molecule has 0 bridgehead atoms. The van der Waals surface area contributed by atoms with Gasteiger partial charge in [-0.1, -0.05) is 34.1 Å². The second kappa shape index (κ2) is 9.45. The number of hydrogen-bond acceptors (Lipinski definition) is 4. The van der Waals surface area contributed by atoms with E-state index in [0.29, 0.717) is 45.0 Å². The van der Waals surface area contributed by atoms with Crippen molar-refractivity contribution in [3.63, 3.8) is 0 Å². The molecule has 156 valence electrons. The van der Waals surface area contributed by atoms with Crippen LogP contribution < -0.4 is 10.1 Å². The molecule has 4 rings (SSSR count). The van der Waals surface area contributed by atoms with Crippen LogP contribution >= 0.6 is 15.9 Å². The fourth-order valence-electron chi connectivity index (χ4n) is 3.74.